The summed E-state index contributed by atoms with van der Waals surface area (Å²) in [4.78, 5) is 8.14. The van der Waals surface area contributed by atoms with Gasteiger partial charge in [-0.1, -0.05) is 0 Å². The molecule has 0 spiro atoms. The van der Waals surface area contributed by atoms with E-state index < -0.39 is 10.0 Å². The van der Waals surface area contributed by atoms with E-state index in [1.54, 1.807) is 6.07 Å². The standard InChI is InChI=1S/C19H20N4O5S/c20-12-16-19(22-8-7-21-16)28-14-3-1-13(2-4-14)23-29(24,25)15-5-6-17-18(11-15)27-10-9-26-17/h5-8,11,13-14,23H,1-4,9-10H2. The van der Waals surface area contributed by atoms with Crippen LogP contribution in [0.15, 0.2) is 35.5 Å². The lowest BCUT2D eigenvalue weighted by molar-refractivity contribution is 0.137. The molecule has 0 amide bonds. The average molecular weight is 416 g/mol. The summed E-state index contributed by atoms with van der Waals surface area (Å²) in [5.74, 6) is 1.21. The zero-order chi connectivity index (χ0) is 20.3. The van der Waals surface area contributed by atoms with Crippen molar-refractivity contribution >= 4 is 10.0 Å². The molecule has 1 aromatic heterocycles. The molecule has 0 saturated heterocycles. The molecule has 1 aliphatic carbocycles. The number of fused-ring (bicyclic) bond motifs is 1. The summed E-state index contributed by atoms with van der Waals surface area (Å²) in [6, 6.07) is 6.38. The van der Waals surface area contributed by atoms with Gasteiger partial charge in [0.05, 0.1) is 4.90 Å². The Morgan fingerprint density at radius 1 is 1.07 bits per heavy atom. The maximum atomic E-state index is 12.7. The SMILES string of the molecule is N#Cc1nccnc1OC1CCC(NS(=O)(=O)c2ccc3c(c2)OCCO3)CC1. The molecule has 0 unspecified atom stereocenters. The maximum absolute atomic E-state index is 12.7. The Balaban J connectivity index is 1.36. The van der Waals surface area contributed by atoms with Gasteiger partial charge < -0.3 is 14.2 Å². The number of benzene rings is 1. The van der Waals surface area contributed by atoms with Gasteiger partial charge >= 0.3 is 0 Å². The van der Waals surface area contributed by atoms with E-state index in [9.17, 15) is 8.42 Å². The maximum Gasteiger partial charge on any atom is 0.251 e. The molecule has 0 radical (unpaired) electrons. The van der Waals surface area contributed by atoms with E-state index in [4.69, 9.17) is 19.5 Å². The molecule has 0 atom stereocenters. The van der Waals surface area contributed by atoms with E-state index in [2.05, 4.69) is 14.7 Å². The topological polar surface area (TPSA) is 123 Å². The highest BCUT2D eigenvalue weighted by Gasteiger charge is 2.28. The number of nitriles is 1. The quantitative estimate of drug-likeness (QED) is 0.782. The number of nitrogens with zero attached hydrogens (tertiary/aromatic N) is 3. The highest BCUT2D eigenvalue weighted by atomic mass is 32.2. The molecule has 2 heterocycles. The first-order valence-electron chi connectivity index (χ1n) is 9.35. The molecular weight excluding hydrogens is 396 g/mol. The van der Waals surface area contributed by atoms with Gasteiger partial charge in [0.15, 0.2) is 11.5 Å². The Hall–Kier alpha value is -2.90. The van der Waals surface area contributed by atoms with Crippen molar-refractivity contribution in [3.05, 3.63) is 36.3 Å². The molecule has 1 aliphatic heterocycles. The Morgan fingerprint density at radius 3 is 2.55 bits per heavy atom. The van der Waals surface area contributed by atoms with Gasteiger partial charge in [-0.05, 0) is 37.8 Å². The summed E-state index contributed by atoms with van der Waals surface area (Å²) in [7, 11) is -3.67. The lowest BCUT2D eigenvalue weighted by Gasteiger charge is -2.29. The van der Waals surface area contributed by atoms with Gasteiger partial charge in [0.2, 0.25) is 15.7 Å². The predicted molar refractivity (Wildman–Crippen MR) is 101 cm³/mol. The Bertz CT molecular complexity index is 1030. The van der Waals surface area contributed by atoms with E-state index in [0.717, 1.165) is 0 Å². The number of hydrogen-bond acceptors (Lipinski definition) is 8. The second kappa shape index (κ2) is 8.23. The van der Waals surface area contributed by atoms with E-state index in [0.29, 0.717) is 50.4 Å². The van der Waals surface area contributed by atoms with Gasteiger partial charge in [-0.25, -0.2) is 23.1 Å². The first-order valence-corrected chi connectivity index (χ1v) is 10.8. The highest BCUT2D eigenvalue weighted by Crippen LogP contribution is 2.32. The molecule has 9 nitrogen and oxygen atoms in total. The molecule has 1 saturated carbocycles. The number of sulfonamides is 1. The van der Waals surface area contributed by atoms with Crippen LogP contribution in [0.25, 0.3) is 0 Å². The first kappa shape index (κ1) is 19.4. The van der Waals surface area contributed by atoms with Gasteiger partial charge in [-0.3, -0.25) is 0 Å². The third-order valence-corrected chi connectivity index (χ3v) is 6.39. The smallest absolute Gasteiger partial charge is 0.251 e. The number of hydrogen-bond donors (Lipinski definition) is 1. The van der Waals surface area contributed by atoms with Crippen molar-refractivity contribution in [3.8, 4) is 23.4 Å². The Kier molecular flexibility index (Phi) is 5.51. The van der Waals surface area contributed by atoms with Gasteiger partial charge in [0.1, 0.15) is 25.4 Å². The fourth-order valence-electron chi connectivity index (χ4n) is 3.42. The summed E-state index contributed by atoms with van der Waals surface area (Å²) >= 11 is 0. The van der Waals surface area contributed by atoms with E-state index in [1.165, 1.54) is 24.5 Å². The highest BCUT2D eigenvalue weighted by molar-refractivity contribution is 7.89. The average Bonchev–Trinajstić information content (AvgIpc) is 2.75. The Labute approximate surface area is 168 Å². The molecule has 1 aromatic carbocycles. The number of ether oxygens (including phenoxy) is 3. The minimum Gasteiger partial charge on any atom is -0.486 e. The molecule has 10 heteroatoms. The summed E-state index contributed by atoms with van der Waals surface area (Å²) in [6.07, 6.45) is 5.32. The van der Waals surface area contributed by atoms with Crippen molar-refractivity contribution < 1.29 is 22.6 Å². The van der Waals surface area contributed by atoms with Crippen molar-refractivity contribution in [2.24, 2.45) is 0 Å². The molecule has 4 rings (SSSR count). The second-order valence-corrected chi connectivity index (χ2v) is 8.55. The van der Waals surface area contributed by atoms with Crippen LogP contribution >= 0.6 is 0 Å². The summed E-state index contributed by atoms with van der Waals surface area (Å²) in [6.45, 7) is 0.848. The van der Waals surface area contributed by atoms with Crippen LogP contribution in [0.5, 0.6) is 17.4 Å². The van der Waals surface area contributed by atoms with Gasteiger partial charge in [-0.15, -0.1) is 0 Å². The molecule has 1 fully saturated rings. The van der Waals surface area contributed by atoms with Gasteiger partial charge in [0, 0.05) is 24.5 Å². The molecule has 152 valence electrons. The van der Waals surface area contributed by atoms with Crippen LogP contribution in [-0.4, -0.2) is 43.7 Å². The van der Waals surface area contributed by atoms with Crippen molar-refractivity contribution in [1.29, 1.82) is 5.26 Å². The predicted octanol–water partition coefficient (Wildman–Crippen LogP) is 1.79. The molecule has 2 aliphatic rings. The minimum atomic E-state index is -3.67. The van der Waals surface area contributed by atoms with Crippen LogP contribution in [0, 0.1) is 11.3 Å². The first-order chi connectivity index (χ1) is 14.0. The monoisotopic (exact) mass is 416 g/mol. The summed E-state index contributed by atoms with van der Waals surface area (Å²) in [5.41, 5.74) is 0.147. The van der Waals surface area contributed by atoms with Crippen LogP contribution in [0.2, 0.25) is 0 Å². The minimum absolute atomic E-state index is 0.131. The summed E-state index contributed by atoms with van der Waals surface area (Å²) in [5, 5.41) is 9.07. The van der Waals surface area contributed by atoms with Crippen molar-refractivity contribution in [1.82, 2.24) is 14.7 Å². The third-order valence-electron chi connectivity index (χ3n) is 4.87. The number of nitrogens with one attached hydrogen (secondary N) is 1. The second-order valence-electron chi connectivity index (χ2n) is 6.84. The molecule has 29 heavy (non-hydrogen) atoms. The molecule has 2 aromatic rings. The molecule has 0 bridgehead atoms. The molecular formula is C19H20N4O5S. The fraction of sp³-hybridized carbons (Fsp3) is 0.421. The van der Waals surface area contributed by atoms with Crippen LogP contribution in [-0.2, 0) is 10.0 Å². The van der Waals surface area contributed by atoms with Gasteiger partial charge in [-0.2, -0.15) is 5.26 Å². The van der Waals surface area contributed by atoms with Crippen LogP contribution < -0.4 is 18.9 Å². The van der Waals surface area contributed by atoms with Crippen LogP contribution in [0.1, 0.15) is 31.4 Å². The lowest BCUT2D eigenvalue weighted by atomic mass is 9.94. The molecule has 1 N–H and O–H groups in total. The zero-order valence-corrected chi connectivity index (χ0v) is 16.4. The van der Waals surface area contributed by atoms with Crippen LogP contribution in [0.4, 0.5) is 0 Å². The van der Waals surface area contributed by atoms with E-state index in [1.807, 2.05) is 6.07 Å². The fourth-order valence-corrected chi connectivity index (χ4v) is 4.74. The third kappa shape index (κ3) is 4.41. The summed E-state index contributed by atoms with van der Waals surface area (Å²) < 4.78 is 45.0. The largest absolute Gasteiger partial charge is 0.486 e. The van der Waals surface area contributed by atoms with E-state index >= 15 is 0 Å². The van der Waals surface area contributed by atoms with Gasteiger partial charge in [0.25, 0.3) is 5.88 Å². The van der Waals surface area contributed by atoms with E-state index in [-0.39, 0.29) is 28.6 Å². The Morgan fingerprint density at radius 2 is 1.79 bits per heavy atom. The van der Waals surface area contributed by atoms with Crippen molar-refractivity contribution in [3.63, 3.8) is 0 Å². The number of rotatable bonds is 5. The van der Waals surface area contributed by atoms with Crippen molar-refractivity contribution in [2.45, 2.75) is 42.7 Å². The van der Waals surface area contributed by atoms with Crippen molar-refractivity contribution in [2.75, 3.05) is 13.2 Å². The normalized spacial score (nSPS) is 21.2. The lowest BCUT2D eigenvalue weighted by Crippen LogP contribution is -2.39. The van der Waals surface area contributed by atoms with Crippen LogP contribution in [0.3, 0.4) is 0 Å². The zero-order valence-electron chi connectivity index (χ0n) is 15.6. The number of aromatic nitrogens is 2.